The van der Waals surface area contributed by atoms with Crippen LogP contribution in [0.2, 0.25) is 0 Å². The van der Waals surface area contributed by atoms with E-state index in [-0.39, 0.29) is 18.1 Å². The predicted molar refractivity (Wildman–Crippen MR) is 61.3 cm³/mol. The van der Waals surface area contributed by atoms with Crippen LogP contribution in [0.5, 0.6) is 0 Å². The first kappa shape index (κ1) is 12.5. The molecule has 0 unspecified atom stereocenters. The fourth-order valence-corrected chi connectivity index (χ4v) is 1.55. The van der Waals surface area contributed by atoms with Crippen LogP contribution in [0.25, 0.3) is 0 Å². The fraction of sp³-hybridized carbons (Fsp3) is 0.231. The summed E-state index contributed by atoms with van der Waals surface area (Å²) in [7, 11) is 0. The summed E-state index contributed by atoms with van der Waals surface area (Å²) in [5, 5.41) is 3.21. The first-order valence-corrected chi connectivity index (χ1v) is 5.29. The first-order valence-electron chi connectivity index (χ1n) is 5.29. The Morgan fingerprint density at radius 1 is 1.35 bits per heavy atom. The Hall–Kier alpha value is -2.61. The molecule has 0 aliphatic carbocycles. The maximum absolute atomic E-state index is 10.8. The van der Waals surface area contributed by atoms with Crippen LogP contribution in [0.3, 0.4) is 0 Å². The summed E-state index contributed by atoms with van der Waals surface area (Å²) in [6.07, 6.45) is 2.92. The van der Waals surface area contributed by atoms with Gasteiger partial charge in [0.15, 0.2) is 0 Å². The second kappa shape index (κ2) is 5.47. The van der Waals surface area contributed by atoms with Crippen molar-refractivity contribution >= 4 is 5.97 Å². The summed E-state index contributed by atoms with van der Waals surface area (Å²) in [6.45, 7) is 3.85. The Labute approximate surface area is 95.1 Å². The maximum Gasteiger partial charge on any atom is 0.328 e. The van der Waals surface area contributed by atoms with Gasteiger partial charge in [-0.05, 0) is 12.5 Å². The molecule has 1 N–H and O–H groups in total. The van der Waals surface area contributed by atoms with Crippen LogP contribution in [0.15, 0.2) is 42.5 Å². The third kappa shape index (κ3) is 3.18. The summed E-state index contributed by atoms with van der Waals surface area (Å²) in [4.78, 5) is 10.8. The Balaban J connectivity index is 0.00000144. The van der Waals surface area contributed by atoms with E-state index in [9.17, 15) is 4.79 Å². The molecule has 0 spiro atoms. The Morgan fingerprint density at radius 2 is 2.06 bits per heavy atom. The standard InChI is InChI=1S/C13H14NO2.Rf/c1-10(11-5-3-2-4-6-11)14-9-12-7-8-13(15)16-12;/h2-10,12,14H,1H3;/q-1;/t10-,12+;/m0./s1. The van der Waals surface area contributed by atoms with Gasteiger partial charge >= 0.3 is 5.97 Å². The quantitative estimate of drug-likeness (QED) is 0.526. The van der Waals surface area contributed by atoms with Crippen molar-refractivity contribution in [3.8, 4) is 0 Å². The van der Waals surface area contributed by atoms with Crippen molar-refractivity contribution < 1.29 is 9.53 Å². The van der Waals surface area contributed by atoms with Gasteiger partial charge in [0.05, 0.1) is 0 Å². The number of benzene rings is 1. The topological polar surface area (TPSA) is 38.3 Å². The van der Waals surface area contributed by atoms with Gasteiger partial charge in [-0.15, -0.1) is 0 Å². The normalized spacial score (nSPS) is 19.6. The van der Waals surface area contributed by atoms with Crippen LogP contribution < -0.4 is 5.32 Å². The Bertz CT molecular complexity index is 392. The van der Waals surface area contributed by atoms with Crippen LogP contribution in [-0.4, -0.2) is 12.1 Å². The van der Waals surface area contributed by atoms with E-state index >= 15 is 0 Å². The van der Waals surface area contributed by atoms with Crippen molar-refractivity contribution in [1.29, 1.82) is 0 Å². The third-order valence-corrected chi connectivity index (χ3v) is 2.48. The van der Waals surface area contributed by atoms with E-state index in [4.69, 9.17) is 4.74 Å². The average molecular weight is 483 g/mol. The molecule has 0 saturated heterocycles. The van der Waals surface area contributed by atoms with Crippen molar-refractivity contribution in [1.82, 2.24) is 5.32 Å². The molecule has 2 rings (SSSR count). The zero-order valence-electron chi connectivity index (χ0n) is 9.80. The zero-order chi connectivity index (χ0) is 11.4. The van der Waals surface area contributed by atoms with Gasteiger partial charge in [0, 0.05) is 18.2 Å². The molecule has 1 aromatic rings. The molecule has 1 heterocycles. The van der Waals surface area contributed by atoms with Crippen LogP contribution in [0, 0.1) is 6.54 Å². The third-order valence-electron chi connectivity index (χ3n) is 2.48. The molecule has 0 bridgehead atoms. The van der Waals surface area contributed by atoms with E-state index in [0.717, 1.165) is 0 Å². The van der Waals surface area contributed by atoms with Crippen molar-refractivity contribution in [2.24, 2.45) is 0 Å². The molecule has 1 aliphatic rings. The summed E-state index contributed by atoms with van der Waals surface area (Å²) in [5.41, 5.74) is 1.20. The molecule has 86 valence electrons. The molecule has 2 atom stereocenters. The van der Waals surface area contributed by atoms with Gasteiger partial charge in [0.25, 0.3) is 0 Å². The molecular formula is C13H14NO2Rf-. The largest absolute Gasteiger partial charge is 0.487 e. The van der Waals surface area contributed by atoms with Crippen LogP contribution in [-0.2, 0) is 9.53 Å². The van der Waals surface area contributed by atoms with Gasteiger partial charge in [-0.3, -0.25) is 0 Å². The van der Waals surface area contributed by atoms with Gasteiger partial charge in [0.1, 0.15) is 0 Å². The van der Waals surface area contributed by atoms with E-state index in [1.54, 1.807) is 12.6 Å². The van der Waals surface area contributed by atoms with Crippen LogP contribution in [0.1, 0.15) is 18.5 Å². The fourth-order valence-electron chi connectivity index (χ4n) is 1.55. The van der Waals surface area contributed by atoms with Crippen molar-refractivity contribution in [2.45, 2.75) is 19.1 Å². The van der Waals surface area contributed by atoms with Gasteiger partial charge in [-0.1, -0.05) is 36.4 Å². The molecule has 17 heavy (non-hydrogen) atoms. The van der Waals surface area contributed by atoms with E-state index in [1.165, 1.54) is 11.6 Å². The molecule has 0 aromatic heterocycles. The second-order valence-electron chi connectivity index (χ2n) is 3.73. The Morgan fingerprint density at radius 3 is 2.65 bits per heavy atom. The van der Waals surface area contributed by atoms with Gasteiger partial charge in [-0.25, -0.2) is 11.3 Å². The first-order chi connectivity index (χ1) is 7.75. The zero-order valence-corrected chi connectivity index (χ0v) is 16.2. The number of cyclic esters (lactones) is 1. The number of carbonyl (C=O) groups excluding carboxylic acids is 1. The second-order valence-corrected chi connectivity index (χ2v) is 3.73. The molecule has 4 heteroatoms. The summed E-state index contributed by atoms with van der Waals surface area (Å²) < 4.78 is 4.98. The summed E-state index contributed by atoms with van der Waals surface area (Å²) in [6, 6.07) is 10.3. The maximum atomic E-state index is 10.8. The minimum atomic E-state index is -0.282. The number of nitrogens with one attached hydrogen (secondary N) is 1. The van der Waals surface area contributed by atoms with Crippen molar-refractivity contribution in [2.75, 3.05) is 0 Å². The van der Waals surface area contributed by atoms with E-state index < -0.39 is 0 Å². The predicted octanol–water partition coefficient (Wildman–Crippen LogP) is 1.98. The molecule has 0 radical (unpaired) electrons. The Kier molecular flexibility index (Phi) is 4.01. The number of hydrogen-bond acceptors (Lipinski definition) is 3. The SMILES string of the molecule is C[C@H](N[CH-][C@H]1C=CC(=O)O1)c1ccccc1.[Rf]. The molecule has 3 nitrogen and oxygen atoms in total. The number of esters is 1. The molecule has 0 fully saturated rings. The van der Waals surface area contributed by atoms with Crippen molar-refractivity contribution in [3.05, 3.63) is 54.6 Å². The number of carbonyl (C=O) groups is 1. The number of ether oxygens (including phenoxy) is 1. The molecule has 0 saturated carbocycles. The molecule has 1 aromatic carbocycles. The van der Waals surface area contributed by atoms with Crippen LogP contribution in [0.4, 0.5) is 0 Å². The molecular weight excluding hydrogens is 469 g/mol. The smallest absolute Gasteiger partial charge is 0.328 e. The van der Waals surface area contributed by atoms with Gasteiger partial charge in [0.2, 0.25) is 0 Å². The van der Waals surface area contributed by atoms with Crippen molar-refractivity contribution in [3.63, 3.8) is 0 Å². The molecule has 1 aliphatic heterocycles. The number of hydrogen-bond donors (Lipinski definition) is 1. The minimum Gasteiger partial charge on any atom is -0.487 e. The van der Waals surface area contributed by atoms with Gasteiger partial charge in [-0.2, -0.15) is 0 Å². The number of rotatable bonds is 4. The monoisotopic (exact) mass is 483 g/mol. The summed E-state index contributed by atoms with van der Waals surface area (Å²) >= 11 is 0. The average Bonchev–Trinajstić information content (AvgIpc) is 2.73. The summed E-state index contributed by atoms with van der Waals surface area (Å²) in [5.74, 6) is -0.282. The molecule has 0 amide bonds. The van der Waals surface area contributed by atoms with E-state index in [0.29, 0.717) is 0 Å². The van der Waals surface area contributed by atoms with Crippen LogP contribution >= 0.6 is 0 Å². The van der Waals surface area contributed by atoms with Gasteiger partial charge < -0.3 is 10.1 Å². The van der Waals surface area contributed by atoms with E-state index in [2.05, 4.69) is 24.4 Å². The minimum absolute atomic E-state index is 0. The van der Waals surface area contributed by atoms with E-state index in [1.807, 2.05) is 18.2 Å².